The quantitative estimate of drug-likeness (QED) is 0.768. The molecule has 0 unspecified atom stereocenters. The number of hydrogen-bond donors (Lipinski definition) is 1. The van der Waals surface area contributed by atoms with Gasteiger partial charge in [-0.2, -0.15) is 0 Å². The van der Waals surface area contributed by atoms with Gasteiger partial charge in [-0.1, -0.05) is 23.0 Å². The van der Waals surface area contributed by atoms with Gasteiger partial charge >= 0.3 is 0 Å². The summed E-state index contributed by atoms with van der Waals surface area (Å²) in [6, 6.07) is 7.86. The summed E-state index contributed by atoms with van der Waals surface area (Å²) in [6.07, 6.45) is 1.77. The molecule has 0 radical (unpaired) electrons. The van der Waals surface area contributed by atoms with Gasteiger partial charge in [-0.25, -0.2) is 0 Å². The van der Waals surface area contributed by atoms with Gasteiger partial charge in [0.15, 0.2) is 0 Å². The molecule has 0 spiro atoms. The van der Waals surface area contributed by atoms with Crippen LogP contribution in [0.25, 0.3) is 4.85 Å². The van der Waals surface area contributed by atoms with Crippen molar-refractivity contribution < 1.29 is 9.84 Å². The van der Waals surface area contributed by atoms with E-state index < -0.39 is 5.60 Å². The van der Waals surface area contributed by atoms with E-state index in [9.17, 15) is 5.11 Å². The van der Waals surface area contributed by atoms with Crippen LogP contribution in [0.2, 0.25) is 0 Å². The fourth-order valence-corrected chi connectivity index (χ4v) is 1.50. The smallest absolute Gasteiger partial charge is 0.263 e. The van der Waals surface area contributed by atoms with E-state index in [4.69, 9.17) is 11.3 Å². The predicted octanol–water partition coefficient (Wildman–Crippen LogP) is 2.73. The summed E-state index contributed by atoms with van der Waals surface area (Å²) >= 11 is 0. The number of hydrogen-bond acceptors (Lipinski definition) is 2. The second kappa shape index (κ2) is 6.27. The molecule has 0 aliphatic heterocycles. The maximum Gasteiger partial charge on any atom is 0.263 e. The van der Waals surface area contributed by atoms with E-state index in [1.807, 2.05) is 38.1 Å². The molecule has 3 nitrogen and oxygen atoms in total. The third kappa shape index (κ3) is 4.46. The van der Waals surface area contributed by atoms with Crippen LogP contribution in [0.3, 0.4) is 0 Å². The predicted molar refractivity (Wildman–Crippen MR) is 69.7 cm³/mol. The monoisotopic (exact) mass is 234 g/mol. The highest BCUT2D eigenvalue weighted by Gasteiger charge is 2.19. The van der Waals surface area contributed by atoms with Crippen molar-refractivity contribution in [2.45, 2.75) is 32.3 Å². The standard InChI is InChI=1S/C14H20NO2/c1-14(2,11-16)17-13-9-5-4-7-12(13)8-6-10-15-3/h3-5,7,9,16H,6,8,10-11H2,1-2H3/q+1. The fraction of sp³-hybridized carbons (Fsp3) is 0.500. The zero-order valence-corrected chi connectivity index (χ0v) is 10.5. The number of aliphatic hydroxyl groups is 1. The van der Waals surface area contributed by atoms with Crippen LogP contribution in [0, 0.1) is 6.57 Å². The van der Waals surface area contributed by atoms with E-state index in [0.717, 1.165) is 24.2 Å². The Labute approximate surface area is 103 Å². The first-order valence-corrected chi connectivity index (χ1v) is 5.83. The van der Waals surface area contributed by atoms with E-state index in [2.05, 4.69) is 4.85 Å². The number of aliphatic hydroxyl groups excluding tert-OH is 1. The van der Waals surface area contributed by atoms with Crippen LogP contribution in [0.1, 0.15) is 25.8 Å². The van der Waals surface area contributed by atoms with E-state index in [1.165, 1.54) is 0 Å². The second-order valence-corrected chi connectivity index (χ2v) is 4.64. The van der Waals surface area contributed by atoms with Crippen molar-refractivity contribution in [2.24, 2.45) is 0 Å². The zero-order chi connectivity index (χ0) is 12.7. The van der Waals surface area contributed by atoms with Crippen molar-refractivity contribution in [3.63, 3.8) is 0 Å². The molecule has 3 heteroatoms. The van der Waals surface area contributed by atoms with Crippen LogP contribution >= 0.6 is 0 Å². The van der Waals surface area contributed by atoms with Crippen molar-refractivity contribution in [3.05, 3.63) is 34.7 Å². The molecule has 0 aliphatic rings. The minimum atomic E-state index is -0.561. The highest BCUT2D eigenvalue weighted by Crippen LogP contribution is 2.24. The van der Waals surface area contributed by atoms with Crippen LogP contribution in [0.15, 0.2) is 24.3 Å². The second-order valence-electron chi connectivity index (χ2n) is 4.64. The number of nitrogens with zero attached hydrogens (tertiary/aromatic N) is 1. The molecule has 0 saturated carbocycles. The van der Waals surface area contributed by atoms with E-state index in [0.29, 0.717) is 6.54 Å². The highest BCUT2D eigenvalue weighted by molar-refractivity contribution is 5.34. The SMILES string of the molecule is C#[N+]CCCc1ccccc1OC(C)(C)CO. The first-order chi connectivity index (χ1) is 8.09. The number of benzene rings is 1. The lowest BCUT2D eigenvalue weighted by Crippen LogP contribution is -2.32. The van der Waals surface area contributed by atoms with Crippen molar-refractivity contribution in [3.8, 4) is 12.3 Å². The summed E-state index contributed by atoms with van der Waals surface area (Å²) in [5.74, 6) is 0.823. The van der Waals surface area contributed by atoms with Crippen LogP contribution in [-0.2, 0) is 6.42 Å². The molecule has 1 N–H and O–H groups in total. The molecule has 0 bridgehead atoms. The summed E-state index contributed by atoms with van der Waals surface area (Å²) in [6.45, 7) is 9.47. The van der Waals surface area contributed by atoms with E-state index >= 15 is 0 Å². The first kappa shape index (κ1) is 13.5. The van der Waals surface area contributed by atoms with Crippen molar-refractivity contribution in [1.29, 1.82) is 0 Å². The van der Waals surface area contributed by atoms with Crippen molar-refractivity contribution in [1.82, 2.24) is 0 Å². The minimum Gasteiger partial charge on any atom is -0.485 e. The Morgan fingerprint density at radius 2 is 2.06 bits per heavy atom. The van der Waals surface area contributed by atoms with Gasteiger partial charge in [0.1, 0.15) is 11.4 Å². The molecule has 1 aromatic carbocycles. The molecule has 0 aromatic heterocycles. The molecule has 1 rings (SSSR count). The highest BCUT2D eigenvalue weighted by atomic mass is 16.5. The molecule has 1 aromatic rings. The number of aryl methyl sites for hydroxylation is 1. The van der Waals surface area contributed by atoms with Gasteiger partial charge in [-0.15, -0.1) is 0 Å². The Bertz CT molecular complexity index is 393. The maximum absolute atomic E-state index is 9.20. The summed E-state index contributed by atoms with van der Waals surface area (Å²) < 4.78 is 5.80. The number of ether oxygens (including phenoxy) is 1. The Morgan fingerprint density at radius 1 is 1.35 bits per heavy atom. The summed E-state index contributed by atoms with van der Waals surface area (Å²) in [7, 11) is 0. The Kier molecular flexibility index (Phi) is 4.99. The van der Waals surface area contributed by atoms with Crippen molar-refractivity contribution in [2.75, 3.05) is 13.2 Å². The first-order valence-electron chi connectivity index (χ1n) is 5.83. The van der Waals surface area contributed by atoms with Gasteiger partial charge in [0.25, 0.3) is 13.1 Å². The molecule has 17 heavy (non-hydrogen) atoms. The normalized spacial score (nSPS) is 10.9. The summed E-state index contributed by atoms with van der Waals surface area (Å²) in [5, 5.41) is 9.20. The molecule has 0 aliphatic carbocycles. The van der Waals surface area contributed by atoms with Crippen molar-refractivity contribution >= 4 is 0 Å². The number of para-hydroxylation sites is 1. The Hall–Kier alpha value is -1.53. The summed E-state index contributed by atoms with van der Waals surface area (Å²) in [5.41, 5.74) is 0.562. The molecule has 0 amide bonds. The minimum absolute atomic E-state index is 0.0144. The van der Waals surface area contributed by atoms with Gasteiger partial charge in [-0.05, 0) is 31.9 Å². The average Bonchev–Trinajstić information content (AvgIpc) is 2.31. The molecular weight excluding hydrogens is 214 g/mol. The molecular formula is C14H20NO2+. The third-order valence-electron chi connectivity index (χ3n) is 2.47. The van der Waals surface area contributed by atoms with E-state index in [1.54, 1.807) is 0 Å². The Balaban J connectivity index is 2.74. The van der Waals surface area contributed by atoms with Gasteiger partial charge < -0.3 is 9.84 Å². The lowest BCUT2D eigenvalue weighted by atomic mass is 10.1. The largest absolute Gasteiger partial charge is 0.485 e. The molecule has 92 valence electrons. The number of rotatable bonds is 6. The van der Waals surface area contributed by atoms with Crippen LogP contribution < -0.4 is 4.74 Å². The van der Waals surface area contributed by atoms with Crippen LogP contribution in [0.5, 0.6) is 5.75 Å². The van der Waals surface area contributed by atoms with Gasteiger partial charge in [0, 0.05) is 6.42 Å². The topological polar surface area (TPSA) is 33.8 Å². The van der Waals surface area contributed by atoms with Crippen LogP contribution in [-0.4, -0.2) is 23.9 Å². The summed E-state index contributed by atoms with van der Waals surface area (Å²) in [4.78, 5) is 3.59. The van der Waals surface area contributed by atoms with Gasteiger partial charge in [0.05, 0.1) is 6.61 Å². The van der Waals surface area contributed by atoms with Crippen LogP contribution in [0.4, 0.5) is 0 Å². The Morgan fingerprint density at radius 3 is 2.71 bits per heavy atom. The maximum atomic E-state index is 9.20. The zero-order valence-electron chi connectivity index (χ0n) is 10.5. The fourth-order valence-electron chi connectivity index (χ4n) is 1.50. The molecule has 0 saturated heterocycles. The lowest BCUT2D eigenvalue weighted by Gasteiger charge is -2.25. The van der Waals surface area contributed by atoms with Gasteiger partial charge in [0.2, 0.25) is 0 Å². The average molecular weight is 234 g/mol. The molecule has 0 fully saturated rings. The molecule has 0 atom stereocenters. The lowest BCUT2D eigenvalue weighted by molar-refractivity contribution is 0.0404. The molecule has 0 heterocycles. The third-order valence-corrected chi connectivity index (χ3v) is 2.47. The van der Waals surface area contributed by atoms with E-state index in [-0.39, 0.29) is 6.61 Å². The van der Waals surface area contributed by atoms with Gasteiger partial charge in [-0.3, -0.25) is 0 Å².